The van der Waals surface area contributed by atoms with Gasteiger partial charge in [-0.25, -0.2) is 0 Å². The second-order valence-electron chi connectivity index (χ2n) is 7.28. The van der Waals surface area contributed by atoms with Crippen LogP contribution in [0.5, 0.6) is 0 Å². The van der Waals surface area contributed by atoms with E-state index in [1.165, 1.54) is 25.8 Å². The first-order valence-corrected chi connectivity index (χ1v) is 9.87. The van der Waals surface area contributed by atoms with E-state index in [-0.39, 0.29) is 11.8 Å². The Bertz CT molecular complexity index is 632. The first-order chi connectivity index (χ1) is 12.8. The van der Waals surface area contributed by atoms with E-state index in [1.807, 2.05) is 60.7 Å². The lowest BCUT2D eigenvalue weighted by Crippen LogP contribution is -2.39. The van der Waals surface area contributed by atoms with Crippen molar-refractivity contribution in [3.05, 3.63) is 71.8 Å². The Morgan fingerprint density at radius 2 is 1.65 bits per heavy atom. The Labute approximate surface area is 157 Å². The highest BCUT2D eigenvalue weighted by molar-refractivity contribution is 5.87. The molecule has 0 spiro atoms. The van der Waals surface area contributed by atoms with Crippen molar-refractivity contribution in [1.29, 1.82) is 0 Å². The van der Waals surface area contributed by atoms with Crippen LogP contribution in [0, 0.1) is 0 Å². The molecule has 0 unspecified atom stereocenters. The summed E-state index contributed by atoms with van der Waals surface area (Å²) in [7, 11) is 0. The summed E-state index contributed by atoms with van der Waals surface area (Å²) in [6.45, 7) is 5.32. The number of carbonyl (C=O) groups is 1. The minimum absolute atomic E-state index is 0.0918. The predicted octanol–water partition coefficient (Wildman–Crippen LogP) is 4.20. The molecule has 3 rings (SSSR count). The van der Waals surface area contributed by atoms with E-state index >= 15 is 0 Å². The molecule has 1 aliphatic heterocycles. The first-order valence-electron chi connectivity index (χ1n) is 9.87. The fourth-order valence-corrected chi connectivity index (χ4v) is 3.87. The maximum Gasteiger partial charge on any atom is 0.232 e. The van der Waals surface area contributed by atoms with Gasteiger partial charge < -0.3 is 10.2 Å². The molecular weight excluding hydrogens is 320 g/mol. The molecule has 1 N–H and O–H groups in total. The molecule has 0 radical (unpaired) electrons. The van der Waals surface area contributed by atoms with Crippen molar-refractivity contribution in [3.63, 3.8) is 0 Å². The molecule has 1 atom stereocenters. The van der Waals surface area contributed by atoms with Crippen LogP contribution in [0.1, 0.15) is 49.7 Å². The monoisotopic (exact) mass is 350 g/mol. The molecule has 1 saturated heterocycles. The van der Waals surface area contributed by atoms with E-state index < -0.39 is 0 Å². The number of hydrogen-bond donors (Lipinski definition) is 1. The number of carbonyl (C=O) groups excluding carboxylic acids is 1. The van der Waals surface area contributed by atoms with Crippen LogP contribution in [-0.2, 0) is 4.79 Å². The van der Waals surface area contributed by atoms with Crippen LogP contribution in [0.15, 0.2) is 60.7 Å². The smallest absolute Gasteiger partial charge is 0.232 e. The van der Waals surface area contributed by atoms with Gasteiger partial charge in [0.25, 0.3) is 0 Å². The van der Waals surface area contributed by atoms with Gasteiger partial charge in [-0.2, -0.15) is 0 Å². The van der Waals surface area contributed by atoms with Crippen molar-refractivity contribution in [2.75, 3.05) is 19.6 Å². The highest BCUT2D eigenvalue weighted by Gasteiger charge is 2.22. The summed E-state index contributed by atoms with van der Waals surface area (Å²) in [6, 6.07) is 20.8. The predicted molar refractivity (Wildman–Crippen MR) is 107 cm³/mol. The van der Waals surface area contributed by atoms with Crippen LogP contribution in [-0.4, -0.2) is 36.5 Å². The quantitative estimate of drug-likeness (QED) is 0.759. The van der Waals surface area contributed by atoms with Crippen molar-refractivity contribution in [2.24, 2.45) is 0 Å². The van der Waals surface area contributed by atoms with Gasteiger partial charge in [0.2, 0.25) is 5.91 Å². The lowest BCUT2D eigenvalue weighted by Gasteiger charge is -2.33. The molecule has 0 bridgehead atoms. The lowest BCUT2D eigenvalue weighted by molar-refractivity contribution is -0.121. The van der Waals surface area contributed by atoms with E-state index in [1.54, 1.807) is 0 Å². The number of likely N-dealkylation sites (tertiary alicyclic amines) is 1. The summed E-state index contributed by atoms with van der Waals surface area (Å²) in [5, 5.41) is 3.17. The van der Waals surface area contributed by atoms with Gasteiger partial charge in [-0.05, 0) is 43.9 Å². The molecule has 26 heavy (non-hydrogen) atoms. The second-order valence-corrected chi connectivity index (χ2v) is 7.28. The molecule has 3 heteroatoms. The summed E-state index contributed by atoms with van der Waals surface area (Å²) >= 11 is 0. The molecule has 1 fully saturated rings. The van der Waals surface area contributed by atoms with Gasteiger partial charge in [0.1, 0.15) is 0 Å². The van der Waals surface area contributed by atoms with Crippen LogP contribution >= 0.6 is 0 Å². The molecule has 138 valence electrons. The summed E-state index contributed by atoms with van der Waals surface area (Å²) in [4.78, 5) is 15.5. The van der Waals surface area contributed by atoms with E-state index in [0.717, 1.165) is 30.6 Å². The van der Waals surface area contributed by atoms with E-state index in [0.29, 0.717) is 6.04 Å². The maximum absolute atomic E-state index is 12.9. The Morgan fingerprint density at radius 3 is 2.23 bits per heavy atom. The van der Waals surface area contributed by atoms with Crippen molar-refractivity contribution in [1.82, 2.24) is 10.2 Å². The molecule has 1 heterocycles. The molecule has 2 aromatic rings. The lowest BCUT2D eigenvalue weighted by atomic mass is 9.90. The zero-order valence-corrected chi connectivity index (χ0v) is 15.7. The summed E-state index contributed by atoms with van der Waals surface area (Å²) in [5.74, 6) is -0.152. The number of hydrogen-bond acceptors (Lipinski definition) is 2. The van der Waals surface area contributed by atoms with E-state index in [2.05, 4.69) is 17.1 Å². The summed E-state index contributed by atoms with van der Waals surface area (Å²) in [5.41, 5.74) is 2.08. The van der Waals surface area contributed by atoms with Crippen LogP contribution in [0.2, 0.25) is 0 Å². The Kier molecular flexibility index (Phi) is 6.84. The van der Waals surface area contributed by atoms with Crippen LogP contribution in [0.3, 0.4) is 0 Å². The molecule has 0 saturated carbocycles. The molecule has 0 aliphatic carbocycles. The first kappa shape index (κ1) is 18.7. The average Bonchev–Trinajstić information content (AvgIpc) is 2.68. The summed E-state index contributed by atoms with van der Waals surface area (Å²) in [6.07, 6.45) is 4.97. The molecule has 1 aliphatic rings. The van der Waals surface area contributed by atoms with Crippen molar-refractivity contribution < 1.29 is 4.79 Å². The van der Waals surface area contributed by atoms with Crippen molar-refractivity contribution in [3.8, 4) is 0 Å². The number of nitrogens with zero attached hydrogens (tertiary/aromatic N) is 1. The zero-order valence-electron chi connectivity index (χ0n) is 15.7. The van der Waals surface area contributed by atoms with E-state index in [4.69, 9.17) is 0 Å². The molecule has 0 aromatic heterocycles. The fourth-order valence-electron chi connectivity index (χ4n) is 3.87. The van der Waals surface area contributed by atoms with Crippen molar-refractivity contribution >= 4 is 5.91 Å². The van der Waals surface area contributed by atoms with Crippen molar-refractivity contribution in [2.45, 2.75) is 44.6 Å². The van der Waals surface area contributed by atoms with Gasteiger partial charge >= 0.3 is 0 Å². The third kappa shape index (κ3) is 4.95. The minimum atomic E-state index is -0.244. The third-order valence-electron chi connectivity index (χ3n) is 5.39. The molecule has 3 nitrogen and oxygen atoms in total. The van der Waals surface area contributed by atoms with Gasteiger partial charge in [-0.15, -0.1) is 0 Å². The maximum atomic E-state index is 12.9. The average molecular weight is 351 g/mol. The van der Waals surface area contributed by atoms with Crippen LogP contribution in [0.25, 0.3) is 0 Å². The number of benzene rings is 2. The highest BCUT2D eigenvalue weighted by atomic mass is 16.1. The Hall–Kier alpha value is -2.13. The SMILES string of the molecule is C[C@H]1CCCCN1CCCNC(=O)C(c1ccccc1)c1ccccc1. The highest BCUT2D eigenvalue weighted by Crippen LogP contribution is 2.24. The fraction of sp³-hybridized carbons (Fsp3) is 0.435. The van der Waals surface area contributed by atoms with Gasteiger partial charge in [0.15, 0.2) is 0 Å². The molecule has 2 aromatic carbocycles. The normalized spacial score (nSPS) is 18.0. The molecular formula is C23H30N2O. The number of piperidine rings is 1. The largest absolute Gasteiger partial charge is 0.355 e. The van der Waals surface area contributed by atoms with Crippen LogP contribution < -0.4 is 5.32 Å². The molecule has 1 amide bonds. The second kappa shape index (κ2) is 9.54. The standard InChI is InChI=1S/C23H30N2O/c1-19-11-8-9-17-25(19)18-10-16-24-23(26)22(20-12-4-2-5-13-20)21-14-6-3-7-15-21/h2-7,12-15,19,22H,8-11,16-18H2,1H3,(H,24,26)/t19-/m0/s1. The van der Waals surface area contributed by atoms with Gasteiger partial charge in [0.05, 0.1) is 5.92 Å². The Balaban J connectivity index is 1.58. The van der Waals surface area contributed by atoms with Gasteiger partial charge in [0, 0.05) is 19.1 Å². The number of rotatable bonds is 7. The minimum Gasteiger partial charge on any atom is -0.355 e. The number of nitrogens with one attached hydrogen (secondary N) is 1. The van der Waals surface area contributed by atoms with Crippen LogP contribution in [0.4, 0.5) is 0 Å². The Morgan fingerprint density at radius 1 is 1.04 bits per heavy atom. The van der Waals surface area contributed by atoms with E-state index in [9.17, 15) is 4.79 Å². The third-order valence-corrected chi connectivity index (χ3v) is 5.39. The summed E-state index contributed by atoms with van der Waals surface area (Å²) < 4.78 is 0. The van der Waals surface area contributed by atoms with Gasteiger partial charge in [-0.3, -0.25) is 4.79 Å². The van der Waals surface area contributed by atoms with Gasteiger partial charge in [-0.1, -0.05) is 67.1 Å². The number of amides is 1. The zero-order chi connectivity index (χ0) is 18.2. The topological polar surface area (TPSA) is 32.3 Å².